The summed E-state index contributed by atoms with van der Waals surface area (Å²) in [6.45, 7) is 3.53. The van der Waals surface area contributed by atoms with Crippen molar-refractivity contribution in [3.05, 3.63) is 69.3 Å². The van der Waals surface area contributed by atoms with Gasteiger partial charge >= 0.3 is 0 Å². The zero-order valence-corrected chi connectivity index (χ0v) is 14.9. The third-order valence-electron chi connectivity index (χ3n) is 4.72. The van der Waals surface area contributed by atoms with Crippen molar-refractivity contribution in [1.29, 1.82) is 0 Å². The Kier molecular flexibility index (Phi) is 3.92. The number of aliphatic hydroxyl groups excluding tert-OH is 1. The summed E-state index contributed by atoms with van der Waals surface area (Å²) < 4.78 is 3.03. The first-order chi connectivity index (χ1) is 12.9. The molecule has 1 aromatic carbocycles. The van der Waals surface area contributed by atoms with Gasteiger partial charge in [0.2, 0.25) is 0 Å². The molecule has 4 rings (SSSR count). The topological polar surface area (TPSA) is 96.9 Å². The Morgan fingerprint density at radius 2 is 1.63 bits per heavy atom. The molecule has 2 amide bonds. The number of nitrogens with zero attached hydrogens (tertiary/aromatic N) is 4. The average molecular weight is 366 g/mol. The van der Waals surface area contributed by atoms with E-state index in [1.807, 2.05) is 0 Å². The third kappa shape index (κ3) is 2.74. The first-order valence-electron chi connectivity index (χ1n) is 8.57. The lowest BCUT2D eigenvalue weighted by Gasteiger charge is -2.21. The SMILES string of the molecule is Cc1cc2n(C[C@H](O)CN3C(=O)c4ccccc4C3=O)c(C)cc(=O)n2n1. The minimum atomic E-state index is -0.993. The van der Waals surface area contributed by atoms with Crippen LogP contribution in [0, 0.1) is 13.8 Å². The maximum Gasteiger partial charge on any atom is 0.274 e. The van der Waals surface area contributed by atoms with Crippen molar-refractivity contribution in [3.63, 3.8) is 0 Å². The van der Waals surface area contributed by atoms with Crippen LogP contribution in [0.25, 0.3) is 5.65 Å². The van der Waals surface area contributed by atoms with Gasteiger partial charge in [0.15, 0.2) is 0 Å². The molecule has 8 heteroatoms. The van der Waals surface area contributed by atoms with E-state index in [2.05, 4.69) is 5.10 Å². The fraction of sp³-hybridized carbons (Fsp3) is 0.263. The standard InChI is InChI=1S/C19H18N4O4/c1-11-7-16-21(12(2)8-17(25)23(16)20-11)9-13(24)10-22-18(26)14-5-3-4-6-15(14)19(22)27/h3-8,13,24H,9-10H2,1-2H3/t13-/m0/s1. The number of carbonyl (C=O) groups is 2. The molecule has 0 radical (unpaired) electrons. The number of aliphatic hydroxyl groups is 1. The number of hydrogen-bond acceptors (Lipinski definition) is 5. The Morgan fingerprint density at radius 1 is 1.00 bits per heavy atom. The summed E-state index contributed by atoms with van der Waals surface area (Å²) in [6.07, 6.45) is -0.993. The summed E-state index contributed by atoms with van der Waals surface area (Å²) in [4.78, 5) is 38.0. The van der Waals surface area contributed by atoms with Gasteiger partial charge in [-0.15, -0.1) is 0 Å². The number of aryl methyl sites for hydroxylation is 2. The number of benzene rings is 1. The normalized spacial score (nSPS) is 14.9. The van der Waals surface area contributed by atoms with Crippen LogP contribution in [0.3, 0.4) is 0 Å². The van der Waals surface area contributed by atoms with E-state index in [0.717, 1.165) is 4.90 Å². The molecule has 1 N–H and O–H groups in total. The van der Waals surface area contributed by atoms with E-state index in [0.29, 0.717) is 28.2 Å². The maximum absolute atomic E-state index is 12.5. The van der Waals surface area contributed by atoms with Gasteiger partial charge in [0.1, 0.15) is 5.65 Å². The molecule has 1 aliphatic heterocycles. The van der Waals surface area contributed by atoms with E-state index in [-0.39, 0.29) is 18.6 Å². The Hall–Kier alpha value is -3.26. The molecular formula is C19H18N4O4. The van der Waals surface area contributed by atoms with Gasteiger partial charge in [0.05, 0.1) is 36.0 Å². The van der Waals surface area contributed by atoms with Crippen molar-refractivity contribution in [2.45, 2.75) is 26.5 Å². The second-order valence-corrected chi connectivity index (χ2v) is 6.71. The van der Waals surface area contributed by atoms with Crippen LogP contribution in [0.5, 0.6) is 0 Å². The summed E-state index contributed by atoms with van der Waals surface area (Å²) in [6, 6.07) is 9.80. The van der Waals surface area contributed by atoms with Crippen LogP contribution >= 0.6 is 0 Å². The molecular weight excluding hydrogens is 348 g/mol. The van der Waals surface area contributed by atoms with Crippen LogP contribution in [0.15, 0.2) is 41.2 Å². The molecule has 0 bridgehead atoms. The van der Waals surface area contributed by atoms with Gasteiger partial charge in [-0.3, -0.25) is 19.3 Å². The van der Waals surface area contributed by atoms with Crippen LogP contribution in [0.4, 0.5) is 0 Å². The first kappa shape index (κ1) is 17.2. The van der Waals surface area contributed by atoms with Gasteiger partial charge in [0.25, 0.3) is 17.4 Å². The molecule has 0 aliphatic carbocycles. The summed E-state index contributed by atoms with van der Waals surface area (Å²) in [5.74, 6) is -0.812. The molecule has 3 heterocycles. The highest BCUT2D eigenvalue weighted by Gasteiger charge is 2.36. The lowest BCUT2D eigenvalue weighted by Crippen LogP contribution is -2.39. The second-order valence-electron chi connectivity index (χ2n) is 6.71. The summed E-state index contributed by atoms with van der Waals surface area (Å²) >= 11 is 0. The highest BCUT2D eigenvalue weighted by atomic mass is 16.3. The number of hydrogen-bond donors (Lipinski definition) is 1. The fourth-order valence-electron chi connectivity index (χ4n) is 3.46. The van der Waals surface area contributed by atoms with E-state index in [1.54, 1.807) is 48.7 Å². The van der Waals surface area contributed by atoms with Crippen molar-refractivity contribution in [1.82, 2.24) is 19.1 Å². The number of carbonyl (C=O) groups excluding carboxylic acids is 2. The van der Waals surface area contributed by atoms with E-state index in [1.165, 1.54) is 10.6 Å². The maximum atomic E-state index is 12.5. The quantitative estimate of drug-likeness (QED) is 0.688. The predicted molar refractivity (Wildman–Crippen MR) is 96.7 cm³/mol. The summed E-state index contributed by atoms with van der Waals surface area (Å²) in [7, 11) is 0. The van der Waals surface area contributed by atoms with Crippen LogP contribution in [-0.2, 0) is 6.54 Å². The number of fused-ring (bicyclic) bond motifs is 2. The molecule has 1 atom stereocenters. The molecule has 0 saturated heterocycles. The van der Waals surface area contributed by atoms with Gasteiger partial charge in [-0.25, -0.2) is 0 Å². The minimum Gasteiger partial charge on any atom is -0.389 e. The van der Waals surface area contributed by atoms with Gasteiger partial charge in [-0.05, 0) is 26.0 Å². The highest BCUT2D eigenvalue weighted by Crippen LogP contribution is 2.22. The number of aromatic nitrogens is 3. The number of rotatable bonds is 4. The van der Waals surface area contributed by atoms with Crippen LogP contribution in [0.1, 0.15) is 32.1 Å². The van der Waals surface area contributed by atoms with E-state index < -0.39 is 17.9 Å². The van der Waals surface area contributed by atoms with E-state index in [9.17, 15) is 19.5 Å². The zero-order chi connectivity index (χ0) is 19.3. The Morgan fingerprint density at radius 3 is 2.26 bits per heavy atom. The molecule has 0 unspecified atom stereocenters. The number of imide groups is 1. The van der Waals surface area contributed by atoms with Crippen LogP contribution in [0.2, 0.25) is 0 Å². The fourth-order valence-corrected chi connectivity index (χ4v) is 3.46. The average Bonchev–Trinajstić information content (AvgIpc) is 3.13. The van der Waals surface area contributed by atoms with E-state index in [4.69, 9.17) is 0 Å². The zero-order valence-electron chi connectivity index (χ0n) is 14.9. The second kappa shape index (κ2) is 6.17. The summed E-state index contributed by atoms with van der Waals surface area (Å²) in [5, 5.41) is 14.7. The third-order valence-corrected chi connectivity index (χ3v) is 4.72. The largest absolute Gasteiger partial charge is 0.389 e. The smallest absolute Gasteiger partial charge is 0.274 e. The monoisotopic (exact) mass is 366 g/mol. The Balaban J connectivity index is 1.60. The van der Waals surface area contributed by atoms with Crippen LogP contribution in [-0.4, -0.2) is 48.7 Å². The molecule has 1 aliphatic rings. The van der Waals surface area contributed by atoms with Crippen molar-refractivity contribution < 1.29 is 14.7 Å². The number of amides is 2. The molecule has 8 nitrogen and oxygen atoms in total. The first-order valence-corrected chi connectivity index (χ1v) is 8.57. The molecule has 27 heavy (non-hydrogen) atoms. The van der Waals surface area contributed by atoms with Gasteiger partial charge in [-0.2, -0.15) is 9.61 Å². The lowest BCUT2D eigenvalue weighted by atomic mass is 10.1. The Labute approximate surface area is 154 Å². The number of β-amino-alcohol motifs (C(OH)–C–C–N with tert-alkyl or cyclic N) is 1. The molecule has 138 valence electrons. The molecule has 0 spiro atoms. The Bertz CT molecular complexity index is 1110. The molecule has 2 aromatic heterocycles. The van der Waals surface area contributed by atoms with Gasteiger partial charge < -0.3 is 9.67 Å². The van der Waals surface area contributed by atoms with Gasteiger partial charge in [-0.1, -0.05) is 12.1 Å². The molecule has 0 fully saturated rings. The summed E-state index contributed by atoms with van der Waals surface area (Å²) in [5.41, 5.74) is 2.35. The predicted octanol–water partition coefficient (Wildman–Crippen LogP) is 0.770. The highest BCUT2D eigenvalue weighted by molar-refractivity contribution is 6.21. The van der Waals surface area contributed by atoms with Crippen molar-refractivity contribution >= 4 is 17.5 Å². The van der Waals surface area contributed by atoms with Crippen molar-refractivity contribution in [2.75, 3.05) is 6.54 Å². The minimum absolute atomic E-state index is 0.119. The van der Waals surface area contributed by atoms with E-state index >= 15 is 0 Å². The van der Waals surface area contributed by atoms with Crippen molar-refractivity contribution in [2.24, 2.45) is 0 Å². The van der Waals surface area contributed by atoms with Crippen LogP contribution < -0.4 is 5.56 Å². The molecule has 3 aromatic rings. The lowest BCUT2D eigenvalue weighted by molar-refractivity contribution is 0.0521. The molecule has 0 saturated carbocycles. The van der Waals surface area contributed by atoms with Crippen molar-refractivity contribution in [3.8, 4) is 0 Å². The van der Waals surface area contributed by atoms with Gasteiger partial charge in [0, 0.05) is 17.8 Å².